The zero-order valence-corrected chi connectivity index (χ0v) is 11.7. The van der Waals surface area contributed by atoms with Crippen LogP contribution in [-0.2, 0) is 25.5 Å². The normalized spacial score (nSPS) is 11.3. The van der Waals surface area contributed by atoms with Crippen molar-refractivity contribution in [3.8, 4) is 0 Å². The van der Waals surface area contributed by atoms with E-state index in [0.29, 0.717) is 12.1 Å². The highest BCUT2D eigenvalue weighted by Crippen LogP contribution is 2.11. The number of ether oxygens (including phenoxy) is 1. The summed E-state index contributed by atoms with van der Waals surface area (Å²) in [6.07, 6.45) is 0.326. The van der Waals surface area contributed by atoms with E-state index in [9.17, 15) is 14.4 Å². The van der Waals surface area contributed by atoms with Gasteiger partial charge >= 0.3 is 5.97 Å². The van der Waals surface area contributed by atoms with Crippen molar-refractivity contribution in [1.82, 2.24) is 5.32 Å². The van der Waals surface area contributed by atoms with E-state index < -0.39 is 12.0 Å². The third-order valence-corrected chi connectivity index (χ3v) is 2.58. The molecule has 0 aromatic heterocycles. The van der Waals surface area contributed by atoms with Gasteiger partial charge in [-0.2, -0.15) is 0 Å². The summed E-state index contributed by atoms with van der Waals surface area (Å²) >= 11 is 0. The molecular formula is C14H18N2O4. The number of rotatable bonds is 5. The van der Waals surface area contributed by atoms with Gasteiger partial charge in [0.15, 0.2) is 0 Å². The molecule has 0 heterocycles. The Kier molecular flexibility index (Phi) is 5.71. The Morgan fingerprint density at radius 3 is 2.15 bits per heavy atom. The molecule has 6 heteroatoms. The van der Waals surface area contributed by atoms with E-state index in [2.05, 4.69) is 15.4 Å². The molecule has 1 aromatic rings. The maximum Gasteiger partial charge on any atom is 0.328 e. The van der Waals surface area contributed by atoms with Crippen LogP contribution >= 0.6 is 0 Å². The van der Waals surface area contributed by atoms with Gasteiger partial charge in [-0.1, -0.05) is 12.1 Å². The molecule has 0 saturated carbocycles. The van der Waals surface area contributed by atoms with Gasteiger partial charge in [0.1, 0.15) is 6.04 Å². The van der Waals surface area contributed by atoms with Gasteiger partial charge in [0.25, 0.3) is 0 Å². The van der Waals surface area contributed by atoms with E-state index in [0.717, 1.165) is 5.56 Å². The number of benzene rings is 1. The standard InChI is InChI=1S/C14H18N2O4/c1-9(17)15-12-6-4-11(5-7-12)8-13(14(19)20-3)16-10(2)18/h4-7,13H,8H2,1-3H3,(H,15,17)(H,16,18)/t13-/m1/s1. The smallest absolute Gasteiger partial charge is 0.328 e. The number of carbonyl (C=O) groups is 3. The molecular weight excluding hydrogens is 260 g/mol. The molecule has 20 heavy (non-hydrogen) atoms. The highest BCUT2D eigenvalue weighted by molar-refractivity contribution is 5.88. The zero-order valence-electron chi connectivity index (χ0n) is 11.7. The molecule has 1 rings (SSSR count). The van der Waals surface area contributed by atoms with Crippen molar-refractivity contribution in [2.75, 3.05) is 12.4 Å². The Bertz CT molecular complexity index is 496. The number of carbonyl (C=O) groups excluding carboxylic acids is 3. The van der Waals surface area contributed by atoms with E-state index in [-0.39, 0.29) is 11.8 Å². The summed E-state index contributed by atoms with van der Waals surface area (Å²) in [6, 6.07) is 6.31. The molecule has 2 amide bonds. The number of hydrogen-bond donors (Lipinski definition) is 2. The highest BCUT2D eigenvalue weighted by atomic mass is 16.5. The van der Waals surface area contributed by atoms with Crippen molar-refractivity contribution in [2.24, 2.45) is 0 Å². The van der Waals surface area contributed by atoms with Crippen molar-refractivity contribution in [3.63, 3.8) is 0 Å². The van der Waals surface area contributed by atoms with Crippen LogP contribution in [0.3, 0.4) is 0 Å². The minimum atomic E-state index is -0.718. The first-order valence-corrected chi connectivity index (χ1v) is 6.14. The minimum Gasteiger partial charge on any atom is -0.467 e. The molecule has 0 spiro atoms. The quantitative estimate of drug-likeness (QED) is 0.783. The summed E-state index contributed by atoms with van der Waals surface area (Å²) in [7, 11) is 1.27. The monoisotopic (exact) mass is 278 g/mol. The Labute approximate surface area is 117 Å². The van der Waals surface area contributed by atoms with Crippen molar-refractivity contribution >= 4 is 23.5 Å². The second kappa shape index (κ2) is 7.28. The first-order chi connectivity index (χ1) is 9.42. The first kappa shape index (κ1) is 15.7. The second-order valence-corrected chi connectivity index (χ2v) is 4.36. The van der Waals surface area contributed by atoms with Gasteiger partial charge in [-0.3, -0.25) is 9.59 Å². The van der Waals surface area contributed by atoms with Crippen molar-refractivity contribution in [2.45, 2.75) is 26.3 Å². The van der Waals surface area contributed by atoms with Crippen molar-refractivity contribution in [1.29, 1.82) is 0 Å². The van der Waals surface area contributed by atoms with Crippen molar-refractivity contribution < 1.29 is 19.1 Å². The third kappa shape index (κ3) is 5.09. The fourth-order valence-electron chi connectivity index (χ4n) is 1.74. The Balaban J connectivity index is 2.75. The maximum atomic E-state index is 11.6. The van der Waals surface area contributed by atoms with E-state index in [1.54, 1.807) is 24.3 Å². The summed E-state index contributed by atoms with van der Waals surface area (Å²) < 4.78 is 4.65. The van der Waals surface area contributed by atoms with Crippen LogP contribution in [0.2, 0.25) is 0 Å². The molecule has 2 N–H and O–H groups in total. The van der Waals surface area contributed by atoms with E-state index in [4.69, 9.17) is 0 Å². The summed E-state index contributed by atoms with van der Waals surface area (Å²) in [4.78, 5) is 33.5. The average Bonchev–Trinajstić information content (AvgIpc) is 2.38. The molecule has 0 aliphatic rings. The Morgan fingerprint density at radius 2 is 1.70 bits per heavy atom. The van der Waals surface area contributed by atoms with Crippen LogP contribution < -0.4 is 10.6 Å². The molecule has 108 valence electrons. The van der Waals surface area contributed by atoms with Crippen LogP contribution in [0, 0.1) is 0 Å². The molecule has 0 aliphatic carbocycles. The van der Waals surface area contributed by atoms with Crippen LogP contribution in [0.15, 0.2) is 24.3 Å². The van der Waals surface area contributed by atoms with Gasteiger partial charge in [0, 0.05) is 26.0 Å². The molecule has 0 unspecified atom stereocenters. The van der Waals surface area contributed by atoms with Gasteiger partial charge < -0.3 is 15.4 Å². The van der Waals surface area contributed by atoms with E-state index in [1.807, 2.05) is 0 Å². The first-order valence-electron chi connectivity index (χ1n) is 6.14. The maximum absolute atomic E-state index is 11.6. The summed E-state index contributed by atoms with van der Waals surface area (Å²) in [5.41, 5.74) is 1.53. The van der Waals surface area contributed by atoms with Crippen LogP contribution in [0.4, 0.5) is 5.69 Å². The summed E-state index contributed by atoms with van der Waals surface area (Å²) in [5, 5.41) is 5.19. The predicted octanol–water partition coefficient (Wildman–Crippen LogP) is 0.865. The number of hydrogen-bond acceptors (Lipinski definition) is 4. The van der Waals surface area contributed by atoms with Crippen LogP contribution in [-0.4, -0.2) is 30.9 Å². The fourth-order valence-corrected chi connectivity index (χ4v) is 1.74. The lowest BCUT2D eigenvalue weighted by molar-refractivity contribution is -0.144. The molecule has 0 saturated heterocycles. The summed E-state index contributed by atoms with van der Waals surface area (Å²) in [5.74, 6) is -0.940. The SMILES string of the molecule is COC(=O)[C@@H](Cc1ccc(NC(C)=O)cc1)NC(C)=O. The number of methoxy groups -OCH3 is 1. The minimum absolute atomic E-state index is 0.150. The topological polar surface area (TPSA) is 84.5 Å². The Hall–Kier alpha value is -2.37. The van der Waals surface area contributed by atoms with Crippen molar-refractivity contribution in [3.05, 3.63) is 29.8 Å². The zero-order chi connectivity index (χ0) is 15.1. The van der Waals surface area contributed by atoms with E-state index >= 15 is 0 Å². The number of amides is 2. The lowest BCUT2D eigenvalue weighted by atomic mass is 10.1. The molecule has 0 fully saturated rings. The van der Waals surface area contributed by atoms with Crippen LogP contribution in [0.5, 0.6) is 0 Å². The molecule has 6 nitrogen and oxygen atoms in total. The van der Waals surface area contributed by atoms with Crippen LogP contribution in [0.25, 0.3) is 0 Å². The molecule has 0 bridgehead atoms. The Morgan fingerprint density at radius 1 is 1.10 bits per heavy atom. The molecule has 0 radical (unpaired) electrons. The predicted molar refractivity (Wildman–Crippen MR) is 74.1 cm³/mol. The van der Waals surface area contributed by atoms with Gasteiger partial charge in [-0.15, -0.1) is 0 Å². The van der Waals surface area contributed by atoms with Gasteiger partial charge in [-0.25, -0.2) is 4.79 Å². The third-order valence-electron chi connectivity index (χ3n) is 2.58. The van der Waals surface area contributed by atoms with Gasteiger partial charge in [0.2, 0.25) is 11.8 Å². The van der Waals surface area contributed by atoms with Gasteiger partial charge in [0.05, 0.1) is 7.11 Å². The van der Waals surface area contributed by atoms with Crippen LogP contribution in [0.1, 0.15) is 19.4 Å². The summed E-state index contributed by atoms with van der Waals surface area (Å²) in [6.45, 7) is 2.77. The highest BCUT2D eigenvalue weighted by Gasteiger charge is 2.20. The average molecular weight is 278 g/mol. The lowest BCUT2D eigenvalue weighted by Crippen LogP contribution is -2.41. The lowest BCUT2D eigenvalue weighted by Gasteiger charge is -2.15. The molecule has 1 atom stereocenters. The molecule has 0 aliphatic heterocycles. The molecule has 1 aromatic carbocycles. The largest absolute Gasteiger partial charge is 0.467 e. The number of nitrogens with one attached hydrogen (secondary N) is 2. The second-order valence-electron chi connectivity index (χ2n) is 4.36. The van der Waals surface area contributed by atoms with Gasteiger partial charge in [-0.05, 0) is 17.7 Å². The fraction of sp³-hybridized carbons (Fsp3) is 0.357. The number of anilines is 1. The number of esters is 1. The van der Waals surface area contributed by atoms with E-state index in [1.165, 1.54) is 21.0 Å².